The molecule has 4 nitrogen and oxygen atoms in total. The Morgan fingerprint density at radius 1 is 1.25 bits per heavy atom. The topological polar surface area (TPSA) is 50.7 Å². The van der Waals surface area contributed by atoms with Crippen molar-refractivity contribution in [2.24, 2.45) is 0 Å². The van der Waals surface area contributed by atoms with Crippen molar-refractivity contribution in [1.82, 2.24) is 5.32 Å². The first-order valence-electron chi connectivity index (χ1n) is 5.44. The average Bonchev–Trinajstić information content (AvgIpc) is 2.82. The summed E-state index contributed by atoms with van der Waals surface area (Å²) in [6, 6.07) is 3.67. The van der Waals surface area contributed by atoms with Crippen LogP contribution in [-0.2, 0) is 0 Å². The van der Waals surface area contributed by atoms with Gasteiger partial charge < -0.3 is 19.9 Å². The van der Waals surface area contributed by atoms with E-state index in [1.165, 1.54) is 0 Å². The summed E-state index contributed by atoms with van der Waals surface area (Å²) < 4.78 is 10.4. The van der Waals surface area contributed by atoms with Crippen LogP contribution in [0.4, 0.5) is 0 Å². The number of hydrogen-bond acceptors (Lipinski definition) is 4. The number of phenols is 1. The molecule has 1 unspecified atom stereocenters. The Kier molecular flexibility index (Phi) is 3.19. The summed E-state index contributed by atoms with van der Waals surface area (Å²) in [6.07, 6.45) is 2.18. The Bertz CT molecular complexity index is 373. The average molecular weight is 223 g/mol. The quantitative estimate of drug-likeness (QED) is 0.821. The van der Waals surface area contributed by atoms with Gasteiger partial charge in [-0.3, -0.25) is 0 Å². The predicted octanol–water partition coefficient (Wildman–Crippen LogP) is 1.83. The molecule has 0 bridgehead atoms. The van der Waals surface area contributed by atoms with Gasteiger partial charge in [-0.15, -0.1) is 0 Å². The van der Waals surface area contributed by atoms with Crippen LogP contribution < -0.4 is 14.8 Å². The normalized spacial score (nSPS) is 19.8. The van der Waals surface area contributed by atoms with Gasteiger partial charge >= 0.3 is 0 Å². The van der Waals surface area contributed by atoms with Crippen LogP contribution >= 0.6 is 0 Å². The van der Waals surface area contributed by atoms with Crippen molar-refractivity contribution >= 4 is 0 Å². The molecule has 0 radical (unpaired) electrons. The summed E-state index contributed by atoms with van der Waals surface area (Å²) in [7, 11) is 3.16. The third-order valence-corrected chi connectivity index (χ3v) is 2.97. The lowest BCUT2D eigenvalue weighted by Gasteiger charge is -2.16. The van der Waals surface area contributed by atoms with Crippen LogP contribution in [0, 0.1) is 0 Å². The van der Waals surface area contributed by atoms with Crippen LogP contribution in [0.5, 0.6) is 17.2 Å². The summed E-state index contributed by atoms with van der Waals surface area (Å²) in [5.74, 6) is 1.47. The van der Waals surface area contributed by atoms with Crippen LogP contribution in [0.3, 0.4) is 0 Å². The fourth-order valence-corrected chi connectivity index (χ4v) is 2.11. The summed E-state index contributed by atoms with van der Waals surface area (Å²) >= 11 is 0. The number of aromatic hydroxyl groups is 1. The van der Waals surface area contributed by atoms with Gasteiger partial charge in [-0.1, -0.05) is 0 Å². The predicted molar refractivity (Wildman–Crippen MR) is 61.2 cm³/mol. The van der Waals surface area contributed by atoms with Crippen molar-refractivity contribution < 1.29 is 14.6 Å². The van der Waals surface area contributed by atoms with Crippen molar-refractivity contribution in [2.75, 3.05) is 20.8 Å². The minimum Gasteiger partial charge on any atom is -0.507 e. The van der Waals surface area contributed by atoms with Gasteiger partial charge in [0.05, 0.1) is 14.2 Å². The largest absolute Gasteiger partial charge is 0.507 e. The molecule has 2 N–H and O–H groups in total. The van der Waals surface area contributed by atoms with Crippen LogP contribution in [0.15, 0.2) is 12.1 Å². The van der Waals surface area contributed by atoms with E-state index < -0.39 is 0 Å². The molecule has 1 saturated heterocycles. The van der Waals surface area contributed by atoms with E-state index in [2.05, 4.69) is 5.32 Å². The van der Waals surface area contributed by atoms with Gasteiger partial charge in [-0.05, 0) is 25.5 Å². The van der Waals surface area contributed by atoms with Gasteiger partial charge in [0.15, 0.2) is 11.5 Å². The molecular weight excluding hydrogens is 206 g/mol. The lowest BCUT2D eigenvalue weighted by molar-refractivity contribution is 0.349. The molecule has 4 heteroatoms. The molecule has 16 heavy (non-hydrogen) atoms. The number of hydrogen-bond donors (Lipinski definition) is 2. The molecule has 1 aliphatic rings. The lowest BCUT2D eigenvalue weighted by atomic mass is 10.0. The highest BCUT2D eigenvalue weighted by molar-refractivity contribution is 5.51. The van der Waals surface area contributed by atoms with Crippen molar-refractivity contribution in [3.8, 4) is 17.2 Å². The van der Waals surface area contributed by atoms with E-state index in [1.54, 1.807) is 20.3 Å². The standard InChI is InChI=1S/C12H17NO3/c1-15-11-6-8(9-4-3-5-13-9)10(14)7-12(11)16-2/h6-7,9,13-14H,3-5H2,1-2H3. The van der Waals surface area contributed by atoms with E-state index in [-0.39, 0.29) is 11.8 Å². The number of rotatable bonds is 3. The number of phenolic OH excluding ortho intramolecular Hbond substituents is 1. The van der Waals surface area contributed by atoms with Crippen LogP contribution in [0.2, 0.25) is 0 Å². The summed E-state index contributed by atoms with van der Waals surface area (Å²) in [4.78, 5) is 0. The zero-order valence-corrected chi connectivity index (χ0v) is 9.62. The SMILES string of the molecule is COc1cc(O)c(C2CCCN2)cc1OC. The second kappa shape index (κ2) is 4.61. The number of benzene rings is 1. The highest BCUT2D eigenvalue weighted by Crippen LogP contribution is 2.38. The van der Waals surface area contributed by atoms with Crippen molar-refractivity contribution in [1.29, 1.82) is 0 Å². The molecule has 1 atom stereocenters. The van der Waals surface area contributed by atoms with Crippen molar-refractivity contribution in [3.05, 3.63) is 17.7 Å². The molecular formula is C12H17NO3. The monoisotopic (exact) mass is 223 g/mol. The van der Waals surface area contributed by atoms with Crippen molar-refractivity contribution in [3.63, 3.8) is 0 Å². The molecule has 0 saturated carbocycles. The third kappa shape index (κ3) is 1.93. The summed E-state index contributed by atoms with van der Waals surface area (Å²) in [5.41, 5.74) is 0.884. The van der Waals surface area contributed by atoms with Gasteiger partial charge in [0, 0.05) is 17.7 Å². The van der Waals surface area contributed by atoms with Gasteiger partial charge in [-0.2, -0.15) is 0 Å². The Morgan fingerprint density at radius 2 is 1.94 bits per heavy atom. The highest BCUT2D eigenvalue weighted by atomic mass is 16.5. The zero-order valence-electron chi connectivity index (χ0n) is 9.62. The zero-order chi connectivity index (χ0) is 11.5. The van der Waals surface area contributed by atoms with Gasteiger partial charge in [0.1, 0.15) is 5.75 Å². The maximum Gasteiger partial charge on any atom is 0.164 e. The van der Waals surface area contributed by atoms with Gasteiger partial charge in [-0.25, -0.2) is 0 Å². The lowest BCUT2D eigenvalue weighted by Crippen LogP contribution is -2.13. The smallest absolute Gasteiger partial charge is 0.164 e. The first-order chi connectivity index (χ1) is 7.76. The maximum absolute atomic E-state index is 9.93. The second-order valence-electron chi connectivity index (χ2n) is 3.91. The van der Waals surface area contributed by atoms with E-state index in [4.69, 9.17) is 9.47 Å². The van der Waals surface area contributed by atoms with E-state index in [0.717, 1.165) is 24.9 Å². The van der Waals surface area contributed by atoms with Crippen molar-refractivity contribution in [2.45, 2.75) is 18.9 Å². The third-order valence-electron chi connectivity index (χ3n) is 2.97. The van der Waals surface area contributed by atoms with E-state index in [0.29, 0.717) is 11.5 Å². The minimum atomic E-state index is 0.222. The molecule has 1 heterocycles. The second-order valence-corrected chi connectivity index (χ2v) is 3.91. The van der Waals surface area contributed by atoms with E-state index >= 15 is 0 Å². The Labute approximate surface area is 95.2 Å². The fraction of sp³-hybridized carbons (Fsp3) is 0.500. The molecule has 1 fully saturated rings. The molecule has 88 valence electrons. The van der Waals surface area contributed by atoms with Crippen LogP contribution in [-0.4, -0.2) is 25.9 Å². The Morgan fingerprint density at radius 3 is 2.50 bits per heavy atom. The molecule has 0 amide bonds. The maximum atomic E-state index is 9.93. The van der Waals surface area contributed by atoms with E-state index in [9.17, 15) is 5.11 Å². The van der Waals surface area contributed by atoms with Gasteiger partial charge in [0.25, 0.3) is 0 Å². The fourth-order valence-electron chi connectivity index (χ4n) is 2.11. The first kappa shape index (κ1) is 11.1. The summed E-state index contributed by atoms with van der Waals surface area (Å²) in [5, 5.41) is 13.3. The number of nitrogens with one attached hydrogen (secondary N) is 1. The highest BCUT2D eigenvalue weighted by Gasteiger charge is 2.21. The van der Waals surface area contributed by atoms with E-state index in [1.807, 2.05) is 6.07 Å². The van der Waals surface area contributed by atoms with Gasteiger partial charge in [0.2, 0.25) is 0 Å². The number of methoxy groups -OCH3 is 2. The number of ether oxygens (including phenoxy) is 2. The molecule has 0 aromatic heterocycles. The molecule has 0 spiro atoms. The van der Waals surface area contributed by atoms with Crippen LogP contribution in [0.1, 0.15) is 24.4 Å². The molecule has 1 aromatic carbocycles. The Balaban J connectivity index is 2.37. The molecule has 1 aromatic rings. The van der Waals surface area contributed by atoms with Crippen LogP contribution in [0.25, 0.3) is 0 Å². The summed E-state index contributed by atoms with van der Waals surface area (Å²) in [6.45, 7) is 0.998. The molecule has 2 rings (SSSR count). The molecule has 1 aliphatic heterocycles. The molecule has 0 aliphatic carbocycles. The minimum absolute atomic E-state index is 0.222. The Hall–Kier alpha value is -1.42. The first-order valence-corrected chi connectivity index (χ1v) is 5.44.